The third kappa shape index (κ3) is 2.55. The summed E-state index contributed by atoms with van der Waals surface area (Å²) in [6, 6.07) is 0.397. The quantitative estimate of drug-likeness (QED) is 0.672. The van der Waals surface area contributed by atoms with Crippen LogP contribution in [-0.4, -0.2) is 30.2 Å². The summed E-state index contributed by atoms with van der Waals surface area (Å²) in [5.74, 6) is -0.526. The van der Waals surface area contributed by atoms with Crippen LogP contribution in [0.15, 0.2) is 0 Å². The number of rotatable bonds is 4. The molecule has 0 aliphatic heterocycles. The van der Waals surface area contributed by atoms with Crippen LogP contribution >= 0.6 is 0 Å². The molecule has 0 aromatic rings. The predicted molar refractivity (Wildman–Crippen MR) is 64.1 cm³/mol. The average molecular weight is 228 g/mol. The van der Waals surface area contributed by atoms with Gasteiger partial charge < -0.3 is 16.2 Å². The molecule has 0 amide bonds. The van der Waals surface area contributed by atoms with E-state index in [1.807, 2.05) is 0 Å². The molecule has 0 aromatic heterocycles. The molecule has 94 valence electrons. The van der Waals surface area contributed by atoms with Crippen molar-refractivity contribution < 1.29 is 9.90 Å². The number of carboxylic acids is 1. The molecule has 0 radical (unpaired) electrons. The van der Waals surface area contributed by atoms with Crippen LogP contribution in [0, 0.1) is 17.3 Å². The highest BCUT2D eigenvalue weighted by Gasteiger charge is 2.45. The highest BCUT2D eigenvalue weighted by Crippen LogP contribution is 2.44. The lowest BCUT2D eigenvalue weighted by atomic mass is 9.61. The molecule has 4 nitrogen and oxygen atoms in total. The van der Waals surface area contributed by atoms with Gasteiger partial charge in [-0.1, -0.05) is 20.8 Å². The summed E-state index contributed by atoms with van der Waals surface area (Å²) in [6.07, 6.45) is 1.69. The molecule has 0 bridgehead atoms. The Morgan fingerprint density at radius 2 is 2.12 bits per heavy atom. The van der Waals surface area contributed by atoms with Crippen LogP contribution in [0.1, 0.15) is 33.6 Å². The van der Waals surface area contributed by atoms with Crippen molar-refractivity contribution in [1.82, 2.24) is 5.32 Å². The first-order valence-corrected chi connectivity index (χ1v) is 6.07. The lowest BCUT2D eigenvalue weighted by Gasteiger charge is -2.46. The first kappa shape index (κ1) is 13.5. The predicted octanol–water partition coefficient (Wildman–Crippen LogP) is 1.06. The molecule has 1 aliphatic carbocycles. The van der Waals surface area contributed by atoms with E-state index in [9.17, 15) is 9.90 Å². The second-order valence-electron chi connectivity index (χ2n) is 5.43. The first-order chi connectivity index (χ1) is 7.41. The summed E-state index contributed by atoms with van der Waals surface area (Å²) < 4.78 is 0. The smallest absolute Gasteiger partial charge is 0.307 e. The topological polar surface area (TPSA) is 75.3 Å². The van der Waals surface area contributed by atoms with E-state index in [4.69, 9.17) is 5.73 Å². The Balaban J connectivity index is 2.70. The largest absolute Gasteiger partial charge is 0.481 e. The fourth-order valence-corrected chi connectivity index (χ4v) is 2.79. The van der Waals surface area contributed by atoms with Crippen LogP contribution in [0.2, 0.25) is 0 Å². The SMILES string of the molecule is CC1C(NCCN)CCC(C(=O)O)C1(C)C. The minimum atomic E-state index is -0.658. The van der Waals surface area contributed by atoms with E-state index in [1.54, 1.807) is 0 Å². The third-order valence-corrected chi connectivity index (χ3v) is 4.29. The maximum atomic E-state index is 11.2. The standard InChI is InChI=1S/C12H24N2O2/c1-8-10(14-7-6-13)5-4-9(11(15)16)12(8,2)3/h8-10,14H,4-7,13H2,1-3H3,(H,15,16). The number of hydrogen-bond donors (Lipinski definition) is 3. The third-order valence-electron chi connectivity index (χ3n) is 4.29. The fourth-order valence-electron chi connectivity index (χ4n) is 2.79. The van der Waals surface area contributed by atoms with Crippen LogP contribution in [-0.2, 0) is 4.79 Å². The van der Waals surface area contributed by atoms with E-state index >= 15 is 0 Å². The van der Waals surface area contributed by atoms with Crippen molar-refractivity contribution in [3.63, 3.8) is 0 Å². The van der Waals surface area contributed by atoms with Gasteiger partial charge in [0.05, 0.1) is 5.92 Å². The minimum absolute atomic E-state index is 0.156. The molecule has 3 unspecified atom stereocenters. The zero-order valence-electron chi connectivity index (χ0n) is 10.5. The molecule has 3 atom stereocenters. The van der Waals surface area contributed by atoms with E-state index < -0.39 is 5.97 Å². The summed E-state index contributed by atoms with van der Waals surface area (Å²) in [5.41, 5.74) is 5.32. The molecule has 1 fully saturated rings. The van der Waals surface area contributed by atoms with Crippen LogP contribution < -0.4 is 11.1 Å². The Kier molecular flexibility index (Phi) is 4.33. The van der Waals surface area contributed by atoms with E-state index in [2.05, 4.69) is 26.1 Å². The van der Waals surface area contributed by atoms with Crippen LogP contribution in [0.3, 0.4) is 0 Å². The maximum absolute atomic E-state index is 11.2. The highest BCUT2D eigenvalue weighted by molar-refractivity contribution is 5.71. The Morgan fingerprint density at radius 3 is 2.62 bits per heavy atom. The van der Waals surface area contributed by atoms with Gasteiger partial charge in [0, 0.05) is 19.1 Å². The number of carbonyl (C=O) groups is 1. The Morgan fingerprint density at radius 1 is 1.50 bits per heavy atom. The zero-order valence-corrected chi connectivity index (χ0v) is 10.5. The van der Waals surface area contributed by atoms with Crippen molar-refractivity contribution in [2.24, 2.45) is 23.0 Å². The number of nitrogens with one attached hydrogen (secondary N) is 1. The van der Waals surface area contributed by atoms with Crippen molar-refractivity contribution in [2.75, 3.05) is 13.1 Å². The van der Waals surface area contributed by atoms with Crippen molar-refractivity contribution >= 4 is 5.97 Å². The van der Waals surface area contributed by atoms with Gasteiger partial charge in [0.15, 0.2) is 0 Å². The van der Waals surface area contributed by atoms with Crippen molar-refractivity contribution in [3.05, 3.63) is 0 Å². The second-order valence-corrected chi connectivity index (χ2v) is 5.43. The summed E-state index contributed by atoms with van der Waals surface area (Å²) in [4.78, 5) is 11.2. The van der Waals surface area contributed by atoms with Gasteiger partial charge in [-0.2, -0.15) is 0 Å². The van der Waals surface area contributed by atoms with Gasteiger partial charge in [-0.15, -0.1) is 0 Å². The number of aliphatic carboxylic acids is 1. The molecule has 1 saturated carbocycles. The van der Waals surface area contributed by atoms with E-state index in [0.717, 1.165) is 19.4 Å². The van der Waals surface area contributed by atoms with Gasteiger partial charge in [0.1, 0.15) is 0 Å². The Labute approximate surface area is 97.6 Å². The first-order valence-electron chi connectivity index (χ1n) is 6.07. The lowest BCUT2D eigenvalue weighted by Crippen LogP contribution is -2.51. The van der Waals surface area contributed by atoms with Gasteiger partial charge in [-0.05, 0) is 24.2 Å². The second kappa shape index (κ2) is 5.15. The van der Waals surface area contributed by atoms with Crippen molar-refractivity contribution in [1.29, 1.82) is 0 Å². The highest BCUT2D eigenvalue weighted by atomic mass is 16.4. The molecule has 1 aliphatic rings. The molecule has 16 heavy (non-hydrogen) atoms. The van der Waals surface area contributed by atoms with Gasteiger partial charge in [0.2, 0.25) is 0 Å². The molecular formula is C12H24N2O2. The number of nitrogens with two attached hydrogens (primary N) is 1. The number of carboxylic acid groups (broad SMARTS) is 1. The Bertz CT molecular complexity index is 253. The maximum Gasteiger partial charge on any atom is 0.307 e. The summed E-state index contributed by atoms with van der Waals surface area (Å²) in [5, 5.41) is 12.6. The average Bonchev–Trinajstić information content (AvgIpc) is 2.19. The van der Waals surface area contributed by atoms with Gasteiger partial charge in [0.25, 0.3) is 0 Å². The van der Waals surface area contributed by atoms with Crippen LogP contribution in [0.5, 0.6) is 0 Å². The minimum Gasteiger partial charge on any atom is -0.481 e. The van der Waals surface area contributed by atoms with Crippen molar-refractivity contribution in [3.8, 4) is 0 Å². The molecule has 4 heteroatoms. The summed E-state index contributed by atoms with van der Waals surface area (Å²) >= 11 is 0. The molecular weight excluding hydrogens is 204 g/mol. The fraction of sp³-hybridized carbons (Fsp3) is 0.917. The molecule has 0 heterocycles. The van der Waals surface area contributed by atoms with E-state index in [0.29, 0.717) is 18.5 Å². The van der Waals surface area contributed by atoms with E-state index in [1.165, 1.54) is 0 Å². The molecule has 0 spiro atoms. The molecule has 0 aromatic carbocycles. The summed E-state index contributed by atoms with van der Waals surface area (Å²) in [6.45, 7) is 7.71. The van der Waals surface area contributed by atoms with E-state index in [-0.39, 0.29) is 11.3 Å². The van der Waals surface area contributed by atoms with Gasteiger partial charge >= 0.3 is 5.97 Å². The van der Waals surface area contributed by atoms with Crippen LogP contribution in [0.25, 0.3) is 0 Å². The summed E-state index contributed by atoms with van der Waals surface area (Å²) in [7, 11) is 0. The van der Waals surface area contributed by atoms with Gasteiger partial charge in [-0.3, -0.25) is 4.79 Å². The molecule has 1 rings (SSSR count). The molecule has 4 N–H and O–H groups in total. The zero-order chi connectivity index (χ0) is 12.3. The van der Waals surface area contributed by atoms with Crippen molar-refractivity contribution in [2.45, 2.75) is 39.7 Å². The normalized spacial score (nSPS) is 33.6. The number of hydrogen-bond acceptors (Lipinski definition) is 3. The Hall–Kier alpha value is -0.610. The van der Waals surface area contributed by atoms with Crippen LogP contribution in [0.4, 0.5) is 0 Å². The monoisotopic (exact) mass is 228 g/mol. The van der Waals surface area contributed by atoms with Gasteiger partial charge in [-0.25, -0.2) is 0 Å². The molecule has 0 saturated heterocycles. The lowest BCUT2D eigenvalue weighted by molar-refractivity contribution is -0.150.